The highest BCUT2D eigenvalue weighted by atomic mass is 16.5. The van der Waals surface area contributed by atoms with Crippen molar-refractivity contribution in [1.82, 2.24) is 10.2 Å². The predicted molar refractivity (Wildman–Crippen MR) is 70.4 cm³/mol. The maximum absolute atomic E-state index is 5.36. The molecule has 3 heteroatoms. The third kappa shape index (κ3) is 3.80. The van der Waals surface area contributed by atoms with E-state index in [9.17, 15) is 0 Å². The van der Waals surface area contributed by atoms with E-state index in [-0.39, 0.29) is 0 Å². The summed E-state index contributed by atoms with van der Waals surface area (Å²) in [4.78, 5) is 2.52. The Hall–Kier alpha value is -0.900. The zero-order valence-electron chi connectivity index (χ0n) is 10.6. The van der Waals surface area contributed by atoms with Gasteiger partial charge in [0.2, 0.25) is 0 Å². The predicted octanol–water partition coefficient (Wildman–Crippen LogP) is 1.32. The molecule has 0 aromatic heterocycles. The van der Waals surface area contributed by atoms with Crippen LogP contribution in [0.5, 0.6) is 0 Å². The highest BCUT2D eigenvalue weighted by molar-refractivity contribution is 5.20. The van der Waals surface area contributed by atoms with E-state index in [1.807, 2.05) is 0 Å². The normalized spacial score (nSPS) is 19.1. The molecule has 0 aliphatic carbocycles. The van der Waals surface area contributed by atoms with Gasteiger partial charge in [-0.2, -0.15) is 0 Å². The van der Waals surface area contributed by atoms with Crippen LogP contribution in [0.2, 0.25) is 0 Å². The van der Waals surface area contributed by atoms with Gasteiger partial charge in [0.25, 0.3) is 0 Å². The minimum Gasteiger partial charge on any atom is -0.384 e. The summed E-state index contributed by atoms with van der Waals surface area (Å²) >= 11 is 0. The van der Waals surface area contributed by atoms with Crippen molar-refractivity contribution >= 4 is 0 Å². The summed E-state index contributed by atoms with van der Waals surface area (Å²) in [6.45, 7) is 6.40. The molecule has 0 amide bonds. The van der Waals surface area contributed by atoms with Gasteiger partial charge in [-0.15, -0.1) is 0 Å². The van der Waals surface area contributed by atoms with Gasteiger partial charge in [0.05, 0.1) is 6.61 Å². The van der Waals surface area contributed by atoms with Gasteiger partial charge in [0.15, 0.2) is 0 Å². The third-order valence-electron chi connectivity index (χ3n) is 3.33. The number of piperazine rings is 1. The topological polar surface area (TPSA) is 24.5 Å². The van der Waals surface area contributed by atoms with Gasteiger partial charge in [-0.25, -0.2) is 0 Å². The highest BCUT2D eigenvalue weighted by Crippen LogP contribution is 2.17. The number of nitrogens with one attached hydrogen (secondary N) is 1. The van der Waals surface area contributed by atoms with Crippen LogP contribution < -0.4 is 5.32 Å². The number of ether oxygens (including phenoxy) is 1. The van der Waals surface area contributed by atoms with E-state index in [4.69, 9.17) is 4.74 Å². The van der Waals surface area contributed by atoms with E-state index in [2.05, 4.69) is 40.5 Å². The zero-order valence-corrected chi connectivity index (χ0v) is 10.6. The fourth-order valence-electron chi connectivity index (χ4n) is 2.39. The molecular weight excluding hydrogens is 212 g/mol. The van der Waals surface area contributed by atoms with Crippen LogP contribution in [0.15, 0.2) is 30.3 Å². The van der Waals surface area contributed by atoms with Crippen molar-refractivity contribution < 1.29 is 4.74 Å². The van der Waals surface area contributed by atoms with Gasteiger partial charge in [0.1, 0.15) is 0 Å². The second-order valence-electron chi connectivity index (χ2n) is 4.61. The Morgan fingerprint density at radius 1 is 1.24 bits per heavy atom. The van der Waals surface area contributed by atoms with E-state index < -0.39 is 0 Å². The highest BCUT2D eigenvalue weighted by Gasteiger charge is 2.17. The molecule has 0 spiro atoms. The van der Waals surface area contributed by atoms with Crippen molar-refractivity contribution in [3.8, 4) is 0 Å². The zero-order chi connectivity index (χ0) is 11.9. The summed E-state index contributed by atoms with van der Waals surface area (Å²) in [6, 6.07) is 10.7. The minimum atomic E-state index is 0.485. The van der Waals surface area contributed by atoms with Crippen LogP contribution in [0.1, 0.15) is 11.5 Å². The second kappa shape index (κ2) is 6.74. The molecule has 1 fully saturated rings. The Morgan fingerprint density at radius 3 is 2.59 bits per heavy atom. The number of hydrogen-bond donors (Lipinski definition) is 1. The summed E-state index contributed by atoms with van der Waals surface area (Å²) in [5.74, 6) is 0.485. The lowest BCUT2D eigenvalue weighted by Crippen LogP contribution is -2.45. The minimum absolute atomic E-state index is 0.485. The molecule has 1 N–H and O–H groups in total. The van der Waals surface area contributed by atoms with Gasteiger partial charge in [-0.1, -0.05) is 30.3 Å². The molecule has 0 radical (unpaired) electrons. The molecular formula is C14H22N2O. The monoisotopic (exact) mass is 234 g/mol. The van der Waals surface area contributed by atoms with Crippen molar-refractivity contribution in [2.45, 2.75) is 5.92 Å². The molecule has 0 saturated carbocycles. The largest absolute Gasteiger partial charge is 0.384 e. The quantitative estimate of drug-likeness (QED) is 0.831. The summed E-state index contributed by atoms with van der Waals surface area (Å²) in [5, 5.41) is 3.39. The fraction of sp³-hybridized carbons (Fsp3) is 0.571. The number of benzene rings is 1. The molecule has 2 rings (SSSR count). The molecule has 17 heavy (non-hydrogen) atoms. The lowest BCUT2D eigenvalue weighted by Gasteiger charge is -2.30. The van der Waals surface area contributed by atoms with Crippen molar-refractivity contribution in [3.05, 3.63) is 35.9 Å². The molecule has 3 nitrogen and oxygen atoms in total. The Bertz CT molecular complexity index is 309. The summed E-state index contributed by atoms with van der Waals surface area (Å²) in [7, 11) is 1.79. The molecule has 1 atom stereocenters. The van der Waals surface area contributed by atoms with Crippen LogP contribution in [0, 0.1) is 0 Å². The number of hydrogen-bond acceptors (Lipinski definition) is 3. The number of nitrogens with zero attached hydrogens (tertiary/aromatic N) is 1. The van der Waals surface area contributed by atoms with E-state index >= 15 is 0 Å². The van der Waals surface area contributed by atoms with Crippen LogP contribution in [-0.2, 0) is 4.74 Å². The first-order valence-electron chi connectivity index (χ1n) is 6.37. The molecule has 94 valence electrons. The average molecular weight is 234 g/mol. The summed E-state index contributed by atoms with van der Waals surface area (Å²) in [6.07, 6.45) is 0. The van der Waals surface area contributed by atoms with Gasteiger partial charge in [-0.3, -0.25) is 0 Å². The van der Waals surface area contributed by atoms with E-state index in [0.29, 0.717) is 5.92 Å². The fourth-order valence-corrected chi connectivity index (χ4v) is 2.39. The Balaban J connectivity index is 1.96. The molecule has 1 aliphatic heterocycles. The van der Waals surface area contributed by atoms with Crippen molar-refractivity contribution in [2.24, 2.45) is 0 Å². The van der Waals surface area contributed by atoms with Crippen molar-refractivity contribution in [3.63, 3.8) is 0 Å². The van der Waals surface area contributed by atoms with Crippen LogP contribution >= 0.6 is 0 Å². The van der Waals surface area contributed by atoms with Crippen LogP contribution in [0.3, 0.4) is 0 Å². The maximum atomic E-state index is 5.36. The lowest BCUT2D eigenvalue weighted by molar-refractivity contribution is 0.146. The summed E-state index contributed by atoms with van der Waals surface area (Å²) < 4.78 is 5.36. The molecule has 1 heterocycles. The first kappa shape index (κ1) is 12.6. The van der Waals surface area contributed by atoms with E-state index in [1.165, 1.54) is 5.56 Å². The molecule has 0 bridgehead atoms. The lowest BCUT2D eigenvalue weighted by atomic mass is 9.99. The van der Waals surface area contributed by atoms with E-state index in [1.54, 1.807) is 7.11 Å². The number of methoxy groups -OCH3 is 1. The first-order chi connectivity index (χ1) is 8.40. The molecule has 1 unspecified atom stereocenters. The SMILES string of the molecule is COCC(CN1CCNCC1)c1ccccc1. The third-order valence-corrected chi connectivity index (χ3v) is 3.33. The summed E-state index contributed by atoms with van der Waals surface area (Å²) in [5.41, 5.74) is 1.38. The molecule has 1 aliphatic rings. The molecule has 1 aromatic rings. The molecule has 1 aromatic carbocycles. The first-order valence-corrected chi connectivity index (χ1v) is 6.37. The maximum Gasteiger partial charge on any atom is 0.0543 e. The van der Waals surface area contributed by atoms with Gasteiger partial charge in [-0.05, 0) is 5.56 Å². The van der Waals surface area contributed by atoms with Crippen LogP contribution in [0.4, 0.5) is 0 Å². The second-order valence-corrected chi connectivity index (χ2v) is 4.61. The van der Waals surface area contributed by atoms with Crippen LogP contribution in [0.25, 0.3) is 0 Å². The Labute approximate surface area is 104 Å². The number of rotatable bonds is 5. The molecule has 1 saturated heterocycles. The smallest absolute Gasteiger partial charge is 0.0543 e. The van der Waals surface area contributed by atoms with Gasteiger partial charge >= 0.3 is 0 Å². The Morgan fingerprint density at radius 2 is 1.94 bits per heavy atom. The average Bonchev–Trinajstić information content (AvgIpc) is 2.40. The van der Waals surface area contributed by atoms with Crippen molar-refractivity contribution in [1.29, 1.82) is 0 Å². The Kier molecular flexibility index (Phi) is 4.98. The van der Waals surface area contributed by atoms with Gasteiger partial charge in [0, 0.05) is 45.8 Å². The van der Waals surface area contributed by atoms with E-state index in [0.717, 1.165) is 39.3 Å². The van der Waals surface area contributed by atoms with Crippen molar-refractivity contribution in [2.75, 3.05) is 46.4 Å². The van der Waals surface area contributed by atoms with Crippen LogP contribution in [-0.4, -0.2) is 51.3 Å². The van der Waals surface area contributed by atoms with Gasteiger partial charge < -0.3 is 15.0 Å². The standard InChI is InChI=1S/C14H22N2O/c1-17-12-14(13-5-3-2-4-6-13)11-16-9-7-15-8-10-16/h2-6,14-15H,7-12H2,1H3.